The summed E-state index contributed by atoms with van der Waals surface area (Å²) in [6.07, 6.45) is 1.49. The highest BCUT2D eigenvalue weighted by Gasteiger charge is 2.09. The number of para-hydroxylation sites is 1. The number of hydrazone groups is 1. The molecule has 3 rings (SSSR count). The number of rotatable bonds is 10. The summed E-state index contributed by atoms with van der Waals surface area (Å²) in [6.45, 7) is 3.91. The third-order valence-corrected chi connectivity index (χ3v) is 4.89. The normalized spacial score (nSPS) is 10.7. The molecule has 9 heteroatoms. The van der Waals surface area contributed by atoms with Crippen LogP contribution < -0.4 is 19.6 Å². The number of amides is 1. The van der Waals surface area contributed by atoms with Gasteiger partial charge < -0.3 is 14.2 Å². The van der Waals surface area contributed by atoms with E-state index in [-0.39, 0.29) is 24.8 Å². The van der Waals surface area contributed by atoms with E-state index in [1.807, 2.05) is 32.0 Å². The number of nitrogens with one attached hydrogen (secondary N) is 1. The summed E-state index contributed by atoms with van der Waals surface area (Å²) in [4.78, 5) is 22.4. The van der Waals surface area contributed by atoms with Crippen LogP contribution in [0.4, 0.5) is 5.69 Å². The maximum atomic E-state index is 12.1. The lowest BCUT2D eigenvalue weighted by Crippen LogP contribution is -2.25. The molecule has 0 bridgehead atoms. The largest absolute Gasteiger partial charge is 0.493 e. The Balaban J connectivity index is 1.54. The number of methoxy groups -OCH3 is 1. The maximum absolute atomic E-state index is 12.1. The van der Waals surface area contributed by atoms with Gasteiger partial charge in [-0.15, -0.1) is 0 Å². The molecule has 1 amide bonds. The molecule has 0 spiro atoms. The van der Waals surface area contributed by atoms with Crippen LogP contribution in [0.1, 0.15) is 22.3 Å². The highest BCUT2D eigenvalue weighted by atomic mass is 16.6. The number of nitro benzene ring substituents is 1. The molecule has 176 valence electrons. The fraction of sp³-hybridized carbons (Fsp3) is 0.200. The van der Waals surface area contributed by atoms with Gasteiger partial charge >= 0.3 is 0 Å². The molecular formula is C25H25N3O6. The zero-order valence-corrected chi connectivity index (χ0v) is 19.1. The molecule has 0 saturated carbocycles. The fourth-order valence-corrected chi connectivity index (χ4v) is 3.13. The van der Waals surface area contributed by atoms with Crippen LogP contribution >= 0.6 is 0 Å². The third kappa shape index (κ3) is 6.55. The van der Waals surface area contributed by atoms with Crippen molar-refractivity contribution in [3.8, 4) is 17.2 Å². The maximum Gasteiger partial charge on any atom is 0.277 e. The Morgan fingerprint density at radius 3 is 2.38 bits per heavy atom. The SMILES string of the molecule is COc1cc(/C=N\NC(=O)COc2c(C)cccc2C)ccc1OCc1ccc([N+](=O)[O-])cc1. The Labute approximate surface area is 197 Å². The molecule has 0 aliphatic rings. The summed E-state index contributed by atoms with van der Waals surface area (Å²) in [7, 11) is 1.52. The Kier molecular flexibility index (Phi) is 8.17. The minimum absolute atomic E-state index is 0.0221. The van der Waals surface area contributed by atoms with Gasteiger partial charge in [0.05, 0.1) is 18.2 Å². The summed E-state index contributed by atoms with van der Waals surface area (Å²) in [6, 6.07) is 17.1. The number of nitro groups is 1. The number of aryl methyl sites for hydroxylation is 2. The molecule has 3 aromatic carbocycles. The first-order chi connectivity index (χ1) is 16.4. The van der Waals surface area contributed by atoms with E-state index >= 15 is 0 Å². The number of hydrogen-bond donors (Lipinski definition) is 1. The van der Waals surface area contributed by atoms with E-state index in [0.717, 1.165) is 16.7 Å². The molecule has 0 aliphatic carbocycles. The van der Waals surface area contributed by atoms with Crippen LogP contribution in [0.15, 0.2) is 65.8 Å². The van der Waals surface area contributed by atoms with E-state index < -0.39 is 4.92 Å². The molecule has 34 heavy (non-hydrogen) atoms. The second-order valence-corrected chi connectivity index (χ2v) is 7.43. The minimum atomic E-state index is -0.450. The van der Waals surface area contributed by atoms with E-state index in [1.165, 1.54) is 25.5 Å². The molecular weight excluding hydrogens is 438 g/mol. The lowest BCUT2D eigenvalue weighted by molar-refractivity contribution is -0.384. The van der Waals surface area contributed by atoms with E-state index in [2.05, 4.69) is 10.5 Å². The Morgan fingerprint density at radius 1 is 1.03 bits per heavy atom. The first-order valence-electron chi connectivity index (χ1n) is 10.4. The predicted molar refractivity (Wildman–Crippen MR) is 128 cm³/mol. The molecule has 1 N–H and O–H groups in total. The first kappa shape index (κ1) is 24.2. The highest BCUT2D eigenvalue weighted by molar-refractivity contribution is 5.83. The van der Waals surface area contributed by atoms with Crippen LogP contribution in [0.5, 0.6) is 17.2 Å². The zero-order chi connectivity index (χ0) is 24.5. The summed E-state index contributed by atoms with van der Waals surface area (Å²) < 4.78 is 16.8. The average Bonchev–Trinajstić information content (AvgIpc) is 2.83. The molecule has 0 atom stereocenters. The lowest BCUT2D eigenvalue weighted by Gasteiger charge is -2.11. The van der Waals surface area contributed by atoms with Crippen molar-refractivity contribution in [3.63, 3.8) is 0 Å². The van der Waals surface area contributed by atoms with Crippen molar-refractivity contribution in [2.75, 3.05) is 13.7 Å². The van der Waals surface area contributed by atoms with E-state index in [0.29, 0.717) is 22.8 Å². The minimum Gasteiger partial charge on any atom is -0.493 e. The topological polar surface area (TPSA) is 112 Å². The van der Waals surface area contributed by atoms with Crippen molar-refractivity contribution in [1.29, 1.82) is 0 Å². The number of hydrogen-bond acceptors (Lipinski definition) is 7. The van der Waals surface area contributed by atoms with Crippen molar-refractivity contribution in [1.82, 2.24) is 5.43 Å². The smallest absolute Gasteiger partial charge is 0.277 e. The summed E-state index contributed by atoms with van der Waals surface area (Å²) >= 11 is 0. The van der Waals surface area contributed by atoms with Gasteiger partial charge in [-0.25, -0.2) is 5.43 Å². The summed E-state index contributed by atoms with van der Waals surface area (Å²) in [5, 5.41) is 14.7. The molecule has 0 aromatic heterocycles. The zero-order valence-electron chi connectivity index (χ0n) is 19.1. The van der Waals surface area contributed by atoms with Crippen LogP contribution in [0, 0.1) is 24.0 Å². The van der Waals surface area contributed by atoms with E-state index in [9.17, 15) is 14.9 Å². The average molecular weight is 463 g/mol. The van der Waals surface area contributed by atoms with Gasteiger partial charge in [-0.3, -0.25) is 14.9 Å². The number of benzene rings is 3. The lowest BCUT2D eigenvalue weighted by atomic mass is 10.1. The van der Waals surface area contributed by atoms with Gasteiger partial charge in [-0.1, -0.05) is 18.2 Å². The van der Waals surface area contributed by atoms with Crippen LogP contribution in [-0.2, 0) is 11.4 Å². The van der Waals surface area contributed by atoms with Crippen molar-refractivity contribution in [3.05, 3.63) is 93.0 Å². The number of ether oxygens (including phenoxy) is 3. The van der Waals surface area contributed by atoms with Crippen molar-refractivity contribution >= 4 is 17.8 Å². The highest BCUT2D eigenvalue weighted by Crippen LogP contribution is 2.28. The monoisotopic (exact) mass is 463 g/mol. The van der Waals surface area contributed by atoms with Crippen LogP contribution in [0.25, 0.3) is 0 Å². The van der Waals surface area contributed by atoms with E-state index in [1.54, 1.807) is 30.3 Å². The van der Waals surface area contributed by atoms with Crippen LogP contribution in [0.3, 0.4) is 0 Å². The van der Waals surface area contributed by atoms with Gasteiger partial charge in [-0.05, 0) is 66.4 Å². The third-order valence-electron chi connectivity index (χ3n) is 4.89. The van der Waals surface area contributed by atoms with Crippen molar-refractivity contribution < 1.29 is 23.9 Å². The molecule has 0 radical (unpaired) electrons. The molecule has 0 aliphatic heterocycles. The molecule has 0 fully saturated rings. The molecule has 9 nitrogen and oxygen atoms in total. The number of non-ortho nitro benzene ring substituents is 1. The van der Waals surface area contributed by atoms with Crippen molar-refractivity contribution in [2.45, 2.75) is 20.5 Å². The summed E-state index contributed by atoms with van der Waals surface area (Å²) in [5.74, 6) is 1.30. The Morgan fingerprint density at radius 2 is 1.74 bits per heavy atom. The number of carbonyl (C=O) groups is 1. The molecule has 0 unspecified atom stereocenters. The first-order valence-corrected chi connectivity index (χ1v) is 10.4. The van der Waals surface area contributed by atoms with Crippen molar-refractivity contribution in [2.24, 2.45) is 5.10 Å². The predicted octanol–water partition coefficient (Wildman–Crippen LogP) is 4.33. The molecule has 3 aromatic rings. The van der Waals surface area contributed by atoms with Gasteiger partial charge in [0.2, 0.25) is 0 Å². The molecule has 0 saturated heterocycles. The van der Waals surface area contributed by atoms with Crippen LogP contribution in [-0.4, -0.2) is 30.8 Å². The van der Waals surface area contributed by atoms with Gasteiger partial charge in [0, 0.05) is 12.1 Å². The quantitative estimate of drug-likeness (QED) is 0.272. The fourth-order valence-electron chi connectivity index (χ4n) is 3.13. The van der Waals surface area contributed by atoms with Gasteiger partial charge in [0.15, 0.2) is 18.1 Å². The number of nitrogens with zero attached hydrogens (tertiary/aromatic N) is 2. The second-order valence-electron chi connectivity index (χ2n) is 7.43. The van der Waals surface area contributed by atoms with E-state index in [4.69, 9.17) is 14.2 Å². The number of carbonyl (C=O) groups excluding carboxylic acids is 1. The van der Waals surface area contributed by atoms with Crippen LogP contribution in [0.2, 0.25) is 0 Å². The standard InChI is InChI=1S/C25H25N3O6/c1-17-5-4-6-18(2)25(17)34-16-24(29)27-26-14-20-9-12-22(23(13-20)32-3)33-15-19-7-10-21(11-8-19)28(30)31/h4-14H,15-16H2,1-3H3,(H,27,29)/b26-14-. The second kappa shape index (κ2) is 11.5. The molecule has 0 heterocycles. The van der Waals surface area contributed by atoms with Gasteiger partial charge in [-0.2, -0.15) is 5.10 Å². The Bertz CT molecular complexity index is 1170. The van der Waals surface area contributed by atoms with Gasteiger partial charge in [0.25, 0.3) is 11.6 Å². The Hall–Kier alpha value is -4.40. The van der Waals surface area contributed by atoms with Gasteiger partial charge in [0.1, 0.15) is 12.4 Å². The summed E-state index contributed by atoms with van der Waals surface area (Å²) in [5.41, 5.74) is 5.85.